The van der Waals surface area contributed by atoms with Crippen LogP contribution in [-0.4, -0.2) is 78.5 Å². The van der Waals surface area contributed by atoms with Crippen molar-refractivity contribution >= 4 is 40.9 Å². The van der Waals surface area contributed by atoms with Gasteiger partial charge in [-0.2, -0.15) is 5.26 Å². The maximum Gasteiger partial charge on any atom is 0.308 e. The van der Waals surface area contributed by atoms with Gasteiger partial charge in [0.05, 0.1) is 34.2 Å². The molecule has 2 N–H and O–H groups in total. The van der Waals surface area contributed by atoms with Crippen LogP contribution in [0.25, 0.3) is 11.1 Å². The number of anilines is 2. The summed E-state index contributed by atoms with van der Waals surface area (Å²) in [6, 6.07) is 14.6. The third-order valence-electron chi connectivity index (χ3n) is 11.2. The number of hydrogen-bond acceptors (Lipinski definition) is 8. The molecule has 14 heteroatoms. The largest absolute Gasteiger partial charge is 0.481 e. The van der Waals surface area contributed by atoms with Gasteiger partial charge in [-0.25, -0.2) is 14.4 Å². The van der Waals surface area contributed by atoms with E-state index in [1.54, 1.807) is 36.4 Å². The lowest BCUT2D eigenvalue weighted by Crippen LogP contribution is -2.33. The molecule has 4 aromatic rings. The summed E-state index contributed by atoms with van der Waals surface area (Å²) < 4.78 is 4.72. The van der Waals surface area contributed by atoms with Crippen LogP contribution in [0.1, 0.15) is 81.7 Å². The Balaban J connectivity index is 1.04. The van der Waals surface area contributed by atoms with E-state index in [0.717, 1.165) is 91.8 Å². The predicted octanol–water partition coefficient (Wildman–Crippen LogP) is 5.37. The van der Waals surface area contributed by atoms with Crippen molar-refractivity contribution < 1.29 is 19.5 Å². The predicted molar refractivity (Wildman–Crippen MR) is 200 cm³/mol. The Bertz CT molecular complexity index is 2110. The number of carbonyl (C=O) groups excluding carboxylic acids is 2. The number of benzene rings is 2. The number of nitriles is 1. The number of imidazole rings is 2. The van der Waals surface area contributed by atoms with Crippen molar-refractivity contribution in [2.24, 2.45) is 25.9 Å². The van der Waals surface area contributed by atoms with Gasteiger partial charge in [0.1, 0.15) is 6.07 Å². The van der Waals surface area contributed by atoms with Crippen LogP contribution in [0.2, 0.25) is 0 Å². The van der Waals surface area contributed by atoms with Crippen LogP contribution in [-0.2, 0) is 44.8 Å². The number of carbonyl (C=O) groups is 3. The summed E-state index contributed by atoms with van der Waals surface area (Å²) in [5.74, 6) is -0.669. The van der Waals surface area contributed by atoms with Crippen molar-refractivity contribution in [1.82, 2.24) is 28.9 Å². The fraction of sp³-hybridized carbons (Fsp3) is 0.436. The minimum Gasteiger partial charge on any atom is -0.481 e. The molecule has 0 bridgehead atoms. The van der Waals surface area contributed by atoms with E-state index < -0.39 is 17.8 Å². The van der Waals surface area contributed by atoms with Gasteiger partial charge in [-0.1, -0.05) is 24.3 Å². The van der Waals surface area contributed by atoms with E-state index in [2.05, 4.69) is 26.2 Å². The van der Waals surface area contributed by atoms with E-state index in [-0.39, 0.29) is 17.3 Å². The molecule has 2 amide bonds. The molecule has 1 fully saturated rings. The number of nitrogens with zero attached hydrogens (tertiary/aromatic N) is 8. The standard InChI is InChI=1S/C39H44ClN9O4/c1-45-17-15-33-31(22-45)42-35(46(33)2)37(50)44-30-9-5-8-28(29(30)21-41)26-6-4-7-27(20-26)49(40)38(51)36-43-32-23-48(19-16-34(32)47(36)3)18-14-24-10-12-25(13-11-24)39(52)53/h4-9,20,24-25H,10-19,22-23H2,1-3H3,(H,44,50)(H,52,53). The summed E-state index contributed by atoms with van der Waals surface area (Å²) in [5.41, 5.74) is 6.08. The lowest BCUT2D eigenvalue weighted by Gasteiger charge is -2.30. The maximum absolute atomic E-state index is 13.8. The number of nitrogens with one attached hydrogen (secondary N) is 1. The van der Waals surface area contributed by atoms with E-state index >= 15 is 0 Å². The van der Waals surface area contributed by atoms with E-state index in [0.29, 0.717) is 47.3 Å². The SMILES string of the molecule is CN1CCc2c(nc(C(=O)Nc3cccc(-c4cccc(N(Cl)C(=O)c5nc6c(n5C)CCN(CCC5CCC(C(=O)O)CC5)C6)c4)c3C#N)n2C)C1. The molecule has 0 spiro atoms. The molecule has 2 aromatic heterocycles. The van der Waals surface area contributed by atoms with Gasteiger partial charge in [-0.3, -0.25) is 19.3 Å². The van der Waals surface area contributed by atoms with Crippen LogP contribution in [0, 0.1) is 23.2 Å². The Morgan fingerprint density at radius 2 is 1.62 bits per heavy atom. The third kappa shape index (κ3) is 7.31. The molecule has 0 atom stereocenters. The third-order valence-corrected chi connectivity index (χ3v) is 11.6. The van der Waals surface area contributed by atoms with Crippen molar-refractivity contribution in [1.29, 1.82) is 5.26 Å². The van der Waals surface area contributed by atoms with Gasteiger partial charge in [-0.05, 0) is 75.4 Å². The molecule has 2 aromatic carbocycles. The Kier molecular flexibility index (Phi) is 10.4. The molecule has 1 saturated carbocycles. The zero-order valence-corrected chi connectivity index (χ0v) is 31.1. The number of carboxylic acid groups (broad SMARTS) is 1. The van der Waals surface area contributed by atoms with Crippen LogP contribution >= 0.6 is 11.8 Å². The van der Waals surface area contributed by atoms with Crippen molar-refractivity contribution in [2.45, 2.75) is 58.0 Å². The van der Waals surface area contributed by atoms with Gasteiger partial charge in [0.15, 0.2) is 5.82 Å². The number of aliphatic carboxylic acids is 1. The van der Waals surface area contributed by atoms with E-state index in [1.807, 2.05) is 36.3 Å². The van der Waals surface area contributed by atoms with Gasteiger partial charge in [-0.15, -0.1) is 0 Å². The summed E-state index contributed by atoms with van der Waals surface area (Å²) in [6.07, 6.45) is 6.01. The fourth-order valence-corrected chi connectivity index (χ4v) is 8.27. The molecule has 7 rings (SSSR count). The minimum absolute atomic E-state index is 0.205. The van der Waals surface area contributed by atoms with Crippen molar-refractivity contribution in [3.8, 4) is 17.2 Å². The first-order valence-corrected chi connectivity index (χ1v) is 18.5. The molecule has 0 saturated heterocycles. The van der Waals surface area contributed by atoms with E-state index in [4.69, 9.17) is 16.8 Å². The van der Waals surface area contributed by atoms with E-state index in [1.165, 1.54) is 0 Å². The Morgan fingerprint density at radius 3 is 2.36 bits per heavy atom. The Labute approximate surface area is 313 Å². The Hall–Kier alpha value is -5.03. The first-order chi connectivity index (χ1) is 25.5. The van der Waals surface area contributed by atoms with Gasteiger partial charge in [0.2, 0.25) is 5.82 Å². The normalized spacial score (nSPS) is 18.8. The molecule has 2 aliphatic heterocycles. The molecular weight excluding hydrogens is 694 g/mol. The van der Waals surface area contributed by atoms with Crippen LogP contribution < -0.4 is 9.74 Å². The van der Waals surface area contributed by atoms with Crippen LogP contribution in [0.4, 0.5) is 11.4 Å². The maximum atomic E-state index is 13.8. The highest BCUT2D eigenvalue weighted by Gasteiger charge is 2.30. The number of amides is 2. The highest BCUT2D eigenvalue weighted by Crippen LogP contribution is 2.34. The van der Waals surface area contributed by atoms with Crippen molar-refractivity contribution in [3.05, 3.63) is 82.5 Å². The summed E-state index contributed by atoms with van der Waals surface area (Å²) in [5, 5.41) is 22.5. The molecule has 276 valence electrons. The topological polar surface area (TPSA) is 153 Å². The lowest BCUT2D eigenvalue weighted by atomic mass is 9.80. The highest BCUT2D eigenvalue weighted by atomic mass is 35.5. The molecule has 0 unspecified atom stereocenters. The minimum atomic E-state index is -0.677. The zero-order chi connectivity index (χ0) is 37.4. The first kappa shape index (κ1) is 36.3. The quantitative estimate of drug-likeness (QED) is 0.216. The van der Waals surface area contributed by atoms with Gasteiger partial charge < -0.3 is 24.5 Å². The monoisotopic (exact) mass is 737 g/mol. The second-order valence-corrected chi connectivity index (χ2v) is 14.9. The van der Waals surface area contributed by atoms with Gasteiger partial charge >= 0.3 is 11.9 Å². The summed E-state index contributed by atoms with van der Waals surface area (Å²) in [7, 11) is 5.71. The molecule has 53 heavy (non-hydrogen) atoms. The second-order valence-electron chi connectivity index (χ2n) is 14.6. The highest BCUT2D eigenvalue weighted by molar-refractivity contribution is 6.38. The number of halogens is 1. The summed E-state index contributed by atoms with van der Waals surface area (Å²) in [6.45, 7) is 3.98. The van der Waals surface area contributed by atoms with Crippen LogP contribution in [0.15, 0.2) is 42.5 Å². The molecule has 1 aliphatic carbocycles. The first-order valence-electron chi connectivity index (χ1n) is 18.2. The number of aromatic nitrogens is 4. The second kappa shape index (κ2) is 15.1. The number of likely N-dealkylation sites (N-methyl/N-ethyl adjacent to an activating group) is 1. The zero-order valence-electron chi connectivity index (χ0n) is 30.3. The van der Waals surface area contributed by atoms with Crippen molar-refractivity contribution in [2.75, 3.05) is 36.4 Å². The molecule has 0 radical (unpaired) electrons. The van der Waals surface area contributed by atoms with Crippen molar-refractivity contribution in [3.63, 3.8) is 0 Å². The van der Waals surface area contributed by atoms with E-state index in [9.17, 15) is 24.8 Å². The van der Waals surface area contributed by atoms with Crippen LogP contribution in [0.3, 0.4) is 0 Å². The lowest BCUT2D eigenvalue weighted by molar-refractivity contribution is -0.143. The fourth-order valence-electron chi connectivity index (χ4n) is 8.09. The molecule has 3 aliphatic rings. The smallest absolute Gasteiger partial charge is 0.308 e. The number of rotatable bonds is 9. The molecular formula is C39H44ClN9O4. The Morgan fingerprint density at radius 1 is 0.943 bits per heavy atom. The number of fused-ring (bicyclic) bond motifs is 2. The summed E-state index contributed by atoms with van der Waals surface area (Å²) in [4.78, 5) is 52.5. The number of carboxylic acids is 1. The van der Waals surface area contributed by atoms with Crippen LogP contribution in [0.5, 0.6) is 0 Å². The average Bonchev–Trinajstić information content (AvgIpc) is 3.68. The van der Waals surface area contributed by atoms with Gasteiger partial charge in [0, 0.05) is 81.8 Å². The molecule has 4 heterocycles. The summed E-state index contributed by atoms with van der Waals surface area (Å²) >= 11 is 6.74. The average molecular weight is 738 g/mol. The number of hydrogen-bond donors (Lipinski definition) is 2. The molecule has 13 nitrogen and oxygen atoms in total. The van der Waals surface area contributed by atoms with Gasteiger partial charge in [0.25, 0.3) is 5.91 Å².